The van der Waals surface area contributed by atoms with Crippen LogP contribution in [0.5, 0.6) is 0 Å². The first-order valence-electron chi connectivity index (χ1n) is 14.4. The molecule has 0 amide bonds. The van der Waals surface area contributed by atoms with Crippen LogP contribution in [0.15, 0.2) is 104 Å². The van der Waals surface area contributed by atoms with Crippen molar-refractivity contribution in [3.05, 3.63) is 131 Å². The van der Waals surface area contributed by atoms with Crippen LogP contribution in [0, 0.1) is 10.8 Å². The predicted molar refractivity (Wildman–Crippen MR) is 174 cm³/mol. The molecule has 0 saturated heterocycles. The van der Waals surface area contributed by atoms with E-state index in [9.17, 15) is 0 Å². The number of hydrogen-bond acceptors (Lipinski definition) is 1. The fourth-order valence-corrected chi connectivity index (χ4v) is 5.20. The van der Waals surface area contributed by atoms with E-state index in [1.807, 2.05) is 32.1 Å². The Bertz CT molecular complexity index is 1450. The largest absolute Gasteiger partial charge is 0.404 e. The van der Waals surface area contributed by atoms with Gasteiger partial charge in [-0.15, -0.1) is 6.58 Å². The van der Waals surface area contributed by atoms with E-state index in [1.54, 1.807) is 6.20 Å². The molecular weight excluding hydrogens is 470 g/mol. The van der Waals surface area contributed by atoms with Crippen molar-refractivity contribution in [1.29, 1.82) is 0 Å². The summed E-state index contributed by atoms with van der Waals surface area (Å²) in [7, 11) is 0. The maximum atomic E-state index is 6.05. The van der Waals surface area contributed by atoms with Crippen LogP contribution in [0.25, 0.3) is 22.9 Å². The van der Waals surface area contributed by atoms with Gasteiger partial charge in [-0.3, -0.25) is 0 Å². The Hall–Kier alpha value is -3.58. The van der Waals surface area contributed by atoms with Gasteiger partial charge in [-0.05, 0) is 92.9 Å². The van der Waals surface area contributed by atoms with Crippen molar-refractivity contribution in [3.8, 4) is 0 Å². The Morgan fingerprint density at radius 1 is 0.923 bits per heavy atom. The van der Waals surface area contributed by atoms with E-state index in [2.05, 4.69) is 108 Å². The molecule has 1 fully saturated rings. The zero-order valence-electron chi connectivity index (χ0n) is 25.0. The highest BCUT2D eigenvalue weighted by Crippen LogP contribution is 2.48. The Labute approximate surface area is 237 Å². The van der Waals surface area contributed by atoms with Crippen LogP contribution in [0.4, 0.5) is 0 Å². The monoisotopic (exact) mass is 517 g/mol. The minimum Gasteiger partial charge on any atom is -0.404 e. The Balaban J connectivity index is 0.000000401. The second kappa shape index (κ2) is 13.0. The van der Waals surface area contributed by atoms with E-state index in [0.29, 0.717) is 5.41 Å². The third-order valence-electron chi connectivity index (χ3n) is 7.80. The molecular formula is C38H47N. The maximum Gasteiger partial charge on any atom is 0.00180 e. The smallest absolute Gasteiger partial charge is 0.00180 e. The lowest BCUT2D eigenvalue weighted by molar-refractivity contribution is 0.485. The fraction of sp³-hybridized carbons (Fsp3) is 0.316. The van der Waals surface area contributed by atoms with Gasteiger partial charge in [-0.2, -0.15) is 0 Å². The molecule has 5 rings (SSSR count). The van der Waals surface area contributed by atoms with Crippen LogP contribution in [0.2, 0.25) is 0 Å². The number of benzene rings is 2. The van der Waals surface area contributed by atoms with Crippen LogP contribution in [0.1, 0.15) is 83.9 Å². The number of hydrogen-bond donors (Lipinski definition) is 1. The zero-order chi connectivity index (χ0) is 28.6. The molecule has 2 N–H and O–H groups in total. The standard InChI is InChI=1S/C29H29N.C7H12.C2H6/c1-5-6-11-23-20(2)27(28-22(19-30)10-9-14-25(23)28)26-13-8-7-12-24(26)21-15-17-29(3,4)18-16-21;1-3-4-7(2)5-6-7;1-2/h5-17,19H,1,18,30H2,2-4H3;3H,1,4-6H2,2H3;1-2H3/b11-6-,22-19+;;. The summed E-state index contributed by atoms with van der Waals surface area (Å²) in [5.41, 5.74) is 15.7. The molecule has 0 aliphatic heterocycles. The second-order valence-electron chi connectivity index (χ2n) is 11.5. The Morgan fingerprint density at radius 3 is 2.13 bits per heavy atom. The molecule has 0 unspecified atom stereocenters. The molecule has 0 radical (unpaired) electrons. The van der Waals surface area contributed by atoms with Gasteiger partial charge in [0.05, 0.1) is 0 Å². The maximum absolute atomic E-state index is 6.05. The number of allylic oxidation sites excluding steroid dienone is 10. The van der Waals surface area contributed by atoms with Crippen molar-refractivity contribution in [2.24, 2.45) is 16.6 Å². The average Bonchev–Trinajstić information content (AvgIpc) is 3.60. The molecule has 1 heteroatoms. The van der Waals surface area contributed by atoms with Gasteiger partial charge in [0.25, 0.3) is 0 Å². The summed E-state index contributed by atoms with van der Waals surface area (Å²) in [4.78, 5) is 0. The number of nitrogens with two attached hydrogens (primary N) is 1. The number of rotatable bonds is 6. The van der Waals surface area contributed by atoms with E-state index < -0.39 is 0 Å². The molecule has 0 bridgehead atoms. The molecule has 0 atom stereocenters. The third kappa shape index (κ3) is 6.90. The quantitative estimate of drug-likeness (QED) is 0.300. The van der Waals surface area contributed by atoms with E-state index in [0.717, 1.165) is 11.6 Å². The van der Waals surface area contributed by atoms with Gasteiger partial charge >= 0.3 is 0 Å². The van der Waals surface area contributed by atoms with E-state index in [1.165, 1.54) is 63.5 Å². The Kier molecular flexibility index (Phi) is 9.97. The summed E-state index contributed by atoms with van der Waals surface area (Å²) in [6.07, 6.45) is 21.8. The van der Waals surface area contributed by atoms with Gasteiger partial charge < -0.3 is 5.73 Å². The highest BCUT2D eigenvalue weighted by molar-refractivity contribution is 6.00. The van der Waals surface area contributed by atoms with Gasteiger partial charge in [0.2, 0.25) is 0 Å². The van der Waals surface area contributed by atoms with E-state index >= 15 is 0 Å². The van der Waals surface area contributed by atoms with Gasteiger partial charge in [-0.1, -0.05) is 126 Å². The van der Waals surface area contributed by atoms with Crippen LogP contribution >= 0.6 is 0 Å². The summed E-state index contributed by atoms with van der Waals surface area (Å²) in [6.45, 7) is 20.6. The molecule has 1 nitrogen and oxygen atoms in total. The first kappa shape index (κ1) is 30.0. The summed E-state index contributed by atoms with van der Waals surface area (Å²) in [5, 5.41) is 2.28. The molecule has 0 heterocycles. The molecule has 2 aromatic carbocycles. The van der Waals surface area contributed by atoms with Gasteiger partial charge in [0.1, 0.15) is 0 Å². The van der Waals surface area contributed by atoms with Crippen LogP contribution in [0.3, 0.4) is 0 Å². The third-order valence-corrected chi connectivity index (χ3v) is 7.80. The van der Waals surface area contributed by atoms with Crippen LogP contribution < -0.4 is 16.2 Å². The summed E-state index contributed by atoms with van der Waals surface area (Å²) >= 11 is 0. The summed E-state index contributed by atoms with van der Waals surface area (Å²) in [6, 6.07) is 15.1. The van der Waals surface area contributed by atoms with Gasteiger partial charge in [0, 0.05) is 6.20 Å². The topological polar surface area (TPSA) is 26.0 Å². The molecule has 3 aliphatic carbocycles. The lowest BCUT2D eigenvalue weighted by atomic mass is 9.81. The van der Waals surface area contributed by atoms with Gasteiger partial charge in [0.15, 0.2) is 0 Å². The first-order valence-corrected chi connectivity index (χ1v) is 14.4. The predicted octanol–water partition coefficient (Wildman–Crippen LogP) is 8.87. The average molecular weight is 518 g/mol. The van der Waals surface area contributed by atoms with Crippen molar-refractivity contribution < 1.29 is 0 Å². The lowest BCUT2D eigenvalue weighted by Gasteiger charge is -2.24. The second-order valence-corrected chi connectivity index (χ2v) is 11.5. The SMILES string of the molecule is C=C/C=C\C1=C(C)C(c2ccccc2C2=CCC(C)(C)C=C2)=c2c1ccc/c2=C\N.C=CCC1(C)CC1.CC. The van der Waals surface area contributed by atoms with Crippen LogP contribution in [-0.2, 0) is 0 Å². The van der Waals surface area contributed by atoms with Gasteiger partial charge in [-0.25, -0.2) is 0 Å². The fourth-order valence-electron chi connectivity index (χ4n) is 5.20. The normalized spacial score (nSPS) is 18.5. The van der Waals surface area contributed by atoms with Crippen molar-refractivity contribution in [1.82, 2.24) is 0 Å². The van der Waals surface area contributed by atoms with E-state index in [4.69, 9.17) is 5.73 Å². The number of fused-ring (bicyclic) bond motifs is 1. The molecule has 0 spiro atoms. The molecule has 204 valence electrons. The van der Waals surface area contributed by atoms with E-state index in [-0.39, 0.29) is 5.41 Å². The summed E-state index contributed by atoms with van der Waals surface area (Å²) in [5.74, 6) is 0. The highest BCUT2D eigenvalue weighted by atomic mass is 14.5. The van der Waals surface area contributed by atoms with Crippen molar-refractivity contribution in [3.63, 3.8) is 0 Å². The molecule has 1 saturated carbocycles. The van der Waals surface area contributed by atoms with Crippen molar-refractivity contribution in [2.75, 3.05) is 0 Å². The molecule has 2 aromatic rings. The molecule has 3 aliphatic rings. The zero-order valence-corrected chi connectivity index (χ0v) is 25.0. The highest BCUT2D eigenvalue weighted by Gasteiger charge is 2.35. The Morgan fingerprint density at radius 2 is 1.59 bits per heavy atom. The molecule has 0 aromatic heterocycles. The lowest BCUT2D eigenvalue weighted by Crippen LogP contribution is -2.29. The molecule has 39 heavy (non-hydrogen) atoms. The minimum atomic E-state index is 0.214. The van der Waals surface area contributed by atoms with Crippen molar-refractivity contribution >= 4 is 22.9 Å². The first-order chi connectivity index (χ1) is 18.7. The van der Waals surface area contributed by atoms with Crippen molar-refractivity contribution in [2.45, 2.75) is 67.2 Å². The minimum absolute atomic E-state index is 0.214. The van der Waals surface area contributed by atoms with Crippen LogP contribution in [-0.4, -0.2) is 0 Å². The summed E-state index contributed by atoms with van der Waals surface area (Å²) < 4.78 is 0.